The molecule has 0 aliphatic carbocycles. The Kier molecular flexibility index (Phi) is 27.4. The van der Waals surface area contributed by atoms with Gasteiger partial charge in [-0.15, -0.1) is 9.24 Å². The van der Waals surface area contributed by atoms with Gasteiger partial charge in [0.2, 0.25) is 0 Å². The van der Waals surface area contributed by atoms with Crippen molar-refractivity contribution in [3.63, 3.8) is 0 Å². The monoisotopic (exact) mass is 251 g/mol. The van der Waals surface area contributed by atoms with Crippen LogP contribution in [0.4, 0.5) is 0 Å². The van der Waals surface area contributed by atoms with Crippen molar-refractivity contribution in [2.24, 2.45) is 5.92 Å². The third-order valence-electron chi connectivity index (χ3n) is 1.87. The Balaban J connectivity index is -0.0000000945. The predicted octanol–water partition coefficient (Wildman–Crippen LogP) is 5.34. The minimum atomic E-state index is 0. The molecule has 0 aromatic carbocycles. The lowest BCUT2D eigenvalue weighted by Crippen LogP contribution is -2.04. The minimum Gasteiger partial charge on any atom is -0.299 e. The highest BCUT2D eigenvalue weighted by atomic mass is 31.0. The summed E-state index contributed by atoms with van der Waals surface area (Å²) in [7, 11) is 2.73. The molecule has 102 valence electrons. The van der Waals surface area contributed by atoms with E-state index in [4.69, 9.17) is 1.37 Å². The Hall–Kier alpha value is 0.100. The van der Waals surface area contributed by atoms with Gasteiger partial charge in [0.15, 0.2) is 0 Å². The molecule has 0 heterocycles. The average molecular weight is 251 g/mol. The molecule has 0 aromatic heterocycles. The number of unbranched alkanes of at least 4 members (excludes halogenated alkanes) is 2. The molecule has 0 spiro atoms. The van der Waals surface area contributed by atoms with E-state index in [9.17, 15) is 4.79 Å². The molecule has 0 aliphatic heterocycles. The summed E-state index contributed by atoms with van der Waals surface area (Å²) in [5, 5.41) is 0. The highest BCUT2D eigenvalue weighted by Gasteiger charge is 2.03. The summed E-state index contributed by atoms with van der Waals surface area (Å²) in [4.78, 5) is 10.8. The molecule has 1 nitrogen and oxygen atoms in total. The van der Waals surface area contributed by atoms with Crippen LogP contribution in [0, 0.1) is 5.92 Å². The smallest absolute Gasteiger partial charge is 0.135 e. The number of carbonyl (C=O) groups excluding carboxylic acids is 1. The van der Waals surface area contributed by atoms with Gasteiger partial charge in [-0.25, -0.2) is 0 Å². The lowest BCUT2D eigenvalue weighted by atomic mass is 10.1. The molecule has 0 saturated heterocycles. The second-order valence-corrected chi connectivity index (χ2v) is 4.30. The van der Waals surface area contributed by atoms with Crippen molar-refractivity contribution in [1.82, 2.24) is 0 Å². The fraction of sp³-hybridized carbons (Fsp3) is 0.929. The van der Waals surface area contributed by atoms with E-state index in [-0.39, 0.29) is 26.6 Å². The molecule has 0 radical (unpaired) electrons. The van der Waals surface area contributed by atoms with Crippen LogP contribution in [0.1, 0.15) is 76.0 Å². The largest absolute Gasteiger partial charge is 0.299 e. The van der Waals surface area contributed by atoms with Crippen LogP contribution in [0.3, 0.4) is 0 Å². The Labute approximate surface area is 108 Å². The number of Topliss-reactive ketones (excluding diaryl/α,β-unsaturated/α-hetero) is 1. The van der Waals surface area contributed by atoms with Crippen LogP contribution in [0.2, 0.25) is 0 Å². The summed E-state index contributed by atoms with van der Waals surface area (Å²) < 4.78 is 6.78. The highest BCUT2D eigenvalue weighted by molar-refractivity contribution is 7.16. The lowest BCUT2D eigenvalue weighted by Gasteiger charge is -1.98. The molecule has 0 saturated carbocycles. The van der Waals surface area contributed by atoms with Crippen LogP contribution >= 0.6 is 9.24 Å². The quantitative estimate of drug-likeness (QED) is 0.460. The number of hydrogen-bond donors (Lipinski definition) is 0. The third kappa shape index (κ3) is 23.7. The van der Waals surface area contributed by atoms with E-state index in [1.807, 2.05) is 13.8 Å². The number of ketones is 1. The number of carbonyl (C=O) groups is 1. The van der Waals surface area contributed by atoms with E-state index < -0.39 is 0 Å². The first-order chi connectivity index (χ1) is 7.09. The van der Waals surface area contributed by atoms with E-state index in [0.29, 0.717) is 13.3 Å². The molecule has 1 atom stereocenters. The van der Waals surface area contributed by atoms with Crippen molar-refractivity contribution in [3.8, 4) is 0 Å². The van der Waals surface area contributed by atoms with Crippen LogP contribution in [0.25, 0.3) is 0 Å². The molecule has 0 bridgehead atoms. The van der Waals surface area contributed by atoms with Crippen molar-refractivity contribution in [1.29, 1.82) is 0 Å². The molecule has 0 aromatic rings. The summed E-state index contributed by atoms with van der Waals surface area (Å²) in [6, 6.07) is 0. The molecule has 0 aliphatic rings. The lowest BCUT2D eigenvalue weighted by molar-refractivity contribution is -0.121. The van der Waals surface area contributed by atoms with Crippen molar-refractivity contribution in [2.45, 2.75) is 74.6 Å². The average Bonchev–Trinajstić information content (AvgIpc) is 2.23. The first kappa shape index (κ1) is 21.4. The van der Waals surface area contributed by atoms with Gasteiger partial charge in [-0.05, 0) is 19.0 Å². The Bertz CT molecular complexity index is 134. The van der Waals surface area contributed by atoms with Gasteiger partial charge in [0.05, 0.1) is 0 Å². The molecule has 16 heavy (non-hydrogen) atoms. The van der Waals surface area contributed by atoms with Crippen LogP contribution in [0.15, 0.2) is 0 Å². The van der Waals surface area contributed by atoms with Crippen molar-refractivity contribution in [3.05, 3.63) is 0 Å². The van der Waals surface area contributed by atoms with Crippen LogP contribution in [0.5, 0.6) is 0 Å². The molecular formula is C14H35OP. The van der Waals surface area contributed by atoms with E-state index >= 15 is 0 Å². The summed E-state index contributed by atoms with van der Waals surface area (Å²) >= 11 is 0. The van der Waals surface area contributed by atoms with Crippen LogP contribution < -0.4 is 0 Å². The van der Waals surface area contributed by atoms with Gasteiger partial charge in [-0.1, -0.05) is 55.4 Å². The summed E-state index contributed by atoms with van der Waals surface area (Å²) in [6.07, 6.45) is 6.69. The molecule has 0 amide bonds. The van der Waals surface area contributed by atoms with Gasteiger partial charge in [0.25, 0.3) is 0 Å². The second kappa shape index (κ2) is 20.5. The Morgan fingerprint density at radius 3 is 2.06 bits per heavy atom. The van der Waals surface area contributed by atoms with Gasteiger partial charge in [0.1, 0.15) is 5.78 Å². The standard InChI is InChI=1S/C7H14O.C5H13P.2CH4/c1-4-5-7(8)6(2)3;1-2-3-4-5-6;;/h6H,4-5H2,1-3H3;2-6H2,1H3;2*1H4/i1D;;;. The van der Waals surface area contributed by atoms with Gasteiger partial charge in [-0.3, -0.25) is 4.79 Å². The molecule has 0 rings (SSSR count). The van der Waals surface area contributed by atoms with Gasteiger partial charge >= 0.3 is 0 Å². The summed E-state index contributed by atoms with van der Waals surface area (Å²) in [6.45, 7) is 6.39. The first-order valence-corrected chi connectivity index (χ1v) is 6.43. The summed E-state index contributed by atoms with van der Waals surface area (Å²) in [5.41, 5.74) is 0. The second-order valence-electron chi connectivity index (χ2n) is 3.72. The Morgan fingerprint density at radius 1 is 1.25 bits per heavy atom. The maximum absolute atomic E-state index is 10.8. The van der Waals surface area contributed by atoms with Crippen molar-refractivity contribution >= 4 is 15.0 Å². The zero-order chi connectivity index (χ0) is 12.1. The predicted molar refractivity (Wildman–Crippen MR) is 82.3 cm³/mol. The summed E-state index contributed by atoms with van der Waals surface area (Å²) in [5.74, 6) is 0.429. The van der Waals surface area contributed by atoms with Crippen molar-refractivity contribution in [2.75, 3.05) is 6.16 Å². The molecule has 0 N–H and O–H groups in total. The third-order valence-corrected chi connectivity index (χ3v) is 2.28. The van der Waals surface area contributed by atoms with E-state index in [1.165, 1.54) is 25.4 Å². The molecular weight excluding hydrogens is 215 g/mol. The van der Waals surface area contributed by atoms with E-state index in [2.05, 4.69) is 16.2 Å². The van der Waals surface area contributed by atoms with Gasteiger partial charge in [-0.2, -0.15) is 0 Å². The van der Waals surface area contributed by atoms with Gasteiger partial charge in [0, 0.05) is 13.7 Å². The fourth-order valence-electron chi connectivity index (χ4n) is 0.857. The molecule has 0 fully saturated rings. The van der Waals surface area contributed by atoms with Crippen LogP contribution in [-0.4, -0.2) is 11.9 Å². The van der Waals surface area contributed by atoms with Crippen molar-refractivity contribution < 1.29 is 6.17 Å². The SMILES string of the molecule is C.C.CCCCCP.[2H]CCCC(=O)C(C)C. The van der Waals surface area contributed by atoms with Gasteiger partial charge < -0.3 is 0 Å². The number of hydrogen-bond acceptors (Lipinski definition) is 1. The number of rotatable bonds is 6. The minimum absolute atomic E-state index is 0. The Morgan fingerprint density at radius 2 is 1.81 bits per heavy atom. The van der Waals surface area contributed by atoms with E-state index in [0.717, 1.165) is 6.42 Å². The zero-order valence-electron chi connectivity index (χ0n) is 11.0. The highest BCUT2D eigenvalue weighted by Crippen LogP contribution is 1.99. The normalized spacial score (nSPS) is 9.19. The first-order valence-electron chi connectivity index (χ1n) is 6.32. The maximum Gasteiger partial charge on any atom is 0.135 e. The maximum atomic E-state index is 10.8. The topological polar surface area (TPSA) is 17.1 Å². The van der Waals surface area contributed by atoms with E-state index in [1.54, 1.807) is 0 Å². The fourth-order valence-corrected chi connectivity index (χ4v) is 1.15. The molecule has 2 heteroatoms. The van der Waals surface area contributed by atoms with Crippen LogP contribution in [-0.2, 0) is 4.79 Å². The molecule has 1 unspecified atom stereocenters. The zero-order valence-corrected chi connectivity index (χ0v) is 11.2.